The van der Waals surface area contributed by atoms with Crippen molar-refractivity contribution in [2.24, 2.45) is 11.8 Å². The van der Waals surface area contributed by atoms with E-state index in [4.69, 9.17) is 0 Å². The molecule has 2 nitrogen and oxygen atoms in total. The molecule has 0 aromatic heterocycles. The molecule has 4 unspecified atom stereocenters. The van der Waals surface area contributed by atoms with Gasteiger partial charge in [-0.1, -0.05) is 6.92 Å². The van der Waals surface area contributed by atoms with E-state index in [2.05, 4.69) is 24.1 Å². The first-order chi connectivity index (χ1) is 8.70. The second-order valence-corrected chi connectivity index (χ2v) is 7.29. The standard InChI is InChI=1S/C16H30N2/c1-12-3-4-13(2)18(11-12)8-7-14-9-15-5-6-16(10-14)17-15/h12-17H,3-11H2,1-2H3. The Hall–Kier alpha value is -0.0800. The summed E-state index contributed by atoms with van der Waals surface area (Å²) in [6.07, 6.45) is 10.1. The number of nitrogens with one attached hydrogen (secondary N) is 1. The summed E-state index contributed by atoms with van der Waals surface area (Å²) in [5.74, 6) is 1.93. The molecule has 0 saturated carbocycles. The minimum atomic E-state index is 0.833. The van der Waals surface area contributed by atoms with Crippen molar-refractivity contribution in [3.8, 4) is 0 Å². The smallest absolute Gasteiger partial charge is 0.00728 e. The van der Waals surface area contributed by atoms with Crippen molar-refractivity contribution in [1.29, 1.82) is 0 Å². The maximum Gasteiger partial charge on any atom is 0.00728 e. The minimum absolute atomic E-state index is 0.833. The molecule has 3 heterocycles. The van der Waals surface area contributed by atoms with Crippen LogP contribution in [0.4, 0.5) is 0 Å². The summed E-state index contributed by atoms with van der Waals surface area (Å²) in [5.41, 5.74) is 0. The Morgan fingerprint density at radius 3 is 2.44 bits per heavy atom. The monoisotopic (exact) mass is 250 g/mol. The van der Waals surface area contributed by atoms with Crippen molar-refractivity contribution in [2.45, 2.75) is 76.9 Å². The number of rotatable bonds is 3. The maximum absolute atomic E-state index is 3.76. The highest BCUT2D eigenvalue weighted by Gasteiger charge is 2.33. The summed E-state index contributed by atoms with van der Waals surface area (Å²) in [6.45, 7) is 7.55. The lowest BCUT2D eigenvalue weighted by Gasteiger charge is -2.38. The lowest BCUT2D eigenvalue weighted by molar-refractivity contribution is 0.111. The van der Waals surface area contributed by atoms with Crippen molar-refractivity contribution < 1.29 is 0 Å². The maximum atomic E-state index is 3.76. The second kappa shape index (κ2) is 5.50. The molecule has 2 bridgehead atoms. The van der Waals surface area contributed by atoms with Gasteiger partial charge < -0.3 is 10.2 Å². The van der Waals surface area contributed by atoms with Crippen LogP contribution >= 0.6 is 0 Å². The lowest BCUT2D eigenvalue weighted by atomic mass is 9.88. The normalized spacial score (nSPS) is 45.3. The third-order valence-electron chi connectivity index (χ3n) is 5.64. The fourth-order valence-corrected chi connectivity index (χ4v) is 4.45. The number of piperidine rings is 2. The van der Waals surface area contributed by atoms with Crippen LogP contribution in [0, 0.1) is 11.8 Å². The van der Waals surface area contributed by atoms with E-state index in [0.29, 0.717) is 0 Å². The summed E-state index contributed by atoms with van der Waals surface area (Å²) in [6, 6.07) is 2.57. The van der Waals surface area contributed by atoms with E-state index >= 15 is 0 Å². The SMILES string of the molecule is CC1CCC(C)N(CCC2CC3CCC(C2)N3)C1. The van der Waals surface area contributed by atoms with Crippen LogP contribution in [0.3, 0.4) is 0 Å². The zero-order valence-electron chi connectivity index (χ0n) is 12.2. The van der Waals surface area contributed by atoms with Crippen LogP contribution in [0.15, 0.2) is 0 Å². The van der Waals surface area contributed by atoms with Gasteiger partial charge in [-0.05, 0) is 70.3 Å². The first kappa shape index (κ1) is 12.9. The van der Waals surface area contributed by atoms with Crippen molar-refractivity contribution >= 4 is 0 Å². The number of hydrogen-bond donors (Lipinski definition) is 1. The van der Waals surface area contributed by atoms with Gasteiger partial charge in [0.05, 0.1) is 0 Å². The van der Waals surface area contributed by atoms with E-state index in [0.717, 1.165) is 30.0 Å². The van der Waals surface area contributed by atoms with E-state index in [1.807, 2.05) is 0 Å². The third-order valence-corrected chi connectivity index (χ3v) is 5.64. The summed E-state index contributed by atoms with van der Waals surface area (Å²) < 4.78 is 0. The van der Waals surface area contributed by atoms with Gasteiger partial charge in [0.2, 0.25) is 0 Å². The van der Waals surface area contributed by atoms with Gasteiger partial charge >= 0.3 is 0 Å². The molecule has 3 aliphatic rings. The second-order valence-electron chi connectivity index (χ2n) is 7.29. The molecule has 3 aliphatic heterocycles. The largest absolute Gasteiger partial charge is 0.311 e. The number of likely N-dealkylation sites (tertiary alicyclic amines) is 1. The Morgan fingerprint density at radius 2 is 1.72 bits per heavy atom. The van der Waals surface area contributed by atoms with Crippen LogP contribution in [0.25, 0.3) is 0 Å². The Bertz CT molecular complexity index is 266. The summed E-state index contributed by atoms with van der Waals surface area (Å²) in [7, 11) is 0. The molecule has 0 spiro atoms. The zero-order valence-corrected chi connectivity index (χ0v) is 12.2. The zero-order chi connectivity index (χ0) is 12.5. The van der Waals surface area contributed by atoms with Gasteiger partial charge in [-0.25, -0.2) is 0 Å². The first-order valence-electron chi connectivity index (χ1n) is 8.21. The quantitative estimate of drug-likeness (QED) is 0.828. The van der Waals surface area contributed by atoms with Crippen LogP contribution in [0.5, 0.6) is 0 Å². The van der Waals surface area contributed by atoms with Gasteiger partial charge in [0.1, 0.15) is 0 Å². The van der Waals surface area contributed by atoms with Gasteiger partial charge in [-0.3, -0.25) is 0 Å². The molecule has 2 heteroatoms. The fraction of sp³-hybridized carbons (Fsp3) is 1.00. The van der Waals surface area contributed by atoms with Crippen molar-refractivity contribution in [2.75, 3.05) is 13.1 Å². The van der Waals surface area contributed by atoms with E-state index in [1.165, 1.54) is 58.0 Å². The molecule has 0 aliphatic carbocycles. The molecule has 1 N–H and O–H groups in total. The predicted octanol–water partition coefficient (Wildman–Crippen LogP) is 3.03. The average molecular weight is 250 g/mol. The molecule has 4 atom stereocenters. The van der Waals surface area contributed by atoms with Crippen molar-refractivity contribution in [3.05, 3.63) is 0 Å². The van der Waals surface area contributed by atoms with Crippen LogP contribution in [-0.2, 0) is 0 Å². The van der Waals surface area contributed by atoms with Crippen LogP contribution in [0.1, 0.15) is 58.8 Å². The summed E-state index contributed by atoms with van der Waals surface area (Å²) >= 11 is 0. The van der Waals surface area contributed by atoms with Crippen LogP contribution in [0.2, 0.25) is 0 Å². The third kappa shape index (κ3) is 2.91. The topological polar surface area (TPSA) is 15.3 Å². The molecule has 0 aromatic rings. The number of hydrogen-bond acceptors (Lipinski definition) is 2. The highest BCUT2D eigenvalue weighted by molar-refractivity contribution is 4.92. The highest BCUT2D eigenvalue weighted by atomic mass is 15.2. The van der Waals surface area contributed by atoms with Gasteiger partial charge in [0.25, 0.3) is 0 Å². The number of nitrogens with zero attached hydrogens (tertiary/aromatic N) is 1. The van der Waals surface area contributed by atoms with Crippen LogP contribution in [-0.4, -0.2) is 36.1 Å². The van der Waals surface area contributed by atoms with Crippen LogP contribution < -0.4 is 5.32 Å². The van der Waals surface area contributed by atoms with E-state index in [1.54, 1.807) is 0 Å². The number of fused-ring (bicyclic) bond motifs is 2. The average Bonchev–Trinajstić information content (AvgIpc) is 2.70. The Kier molecular flexibility index (Phi) is 3.95. The highest BCUT2D eigenvalue weighted by Crippen LogP contribution is 2.33. The van der Waals surface area contributed by atoms with Gasteiger partial charge in [0.15, 0.2) is 0 Å². The molecule has 3 saturated heterocycles. The first-order valence-corrected chi connectivity index (χ1v) is 8.21. The summed E-state index contributed by atoms with van der Waals surface area (Å²) in [4.78, 5) is 2.76. The van der Waals surface area contributed by atoms with Crippen molar-refractivity contribution in [1.82, 2.24) is 10.2 Å². The molecule has 0 amide bonds. The van der Waals surface area contributed by atoms with Gasteiger partial charge in [0, 0.05) is 24.7 Å². The molecule has 3 fully saturated rings. The van der Waals surface area contributed by atoms with Gasteiger partial charge in [-0.15, -0.1) is 0 Å². The summed E-state index contributed by atoms with van der Waals surface area (Å²) in [5, 5.41) is 3.76. The molecule has 104 valence electrons. The Balaban J connectivity index is 1.46. The predicted molar refractivity (Wildman–Crippen MR) is 76.7 cm³/mol. The van der Waals surface area contributed by atoms with E-state index in [-0.39, 0.29) is 0 Å². The molecule has 3 rings (SSSR count). The molecule has 0 aromatic carbocycles. The van der Waals surface area contributed by atoms with E-state index in [9.17, 15) is 0 Å². The molecule has 18 heavy (non-hydrogen) atoms. The molecular formula is C16H30N2. The Morgan fingerprint density at radius 1 is 1.00 bits per heavy atom. The lowest BCUT2D eigenvalue weighted by Crippen LogP contribution is -2.43. The fourth-order valence-electron chi connectivity index (χ4n) is 4.45. The minimum Gasteiger partial charge on any atom is -0.311 e. The van der Waals surface area contributed by atoms with E-state index < -0.39 is 0 Å². The van der Waals surface area contributed by atoms with Crippen molar-refractivity contribution in [3.63, 3.8) is 0 Å². The van der Waals surface area contributed by atoms with Gasteiger partial charge in [-0.2, -0.15) is 0 Å². The Labute approximate surface area is 113 Å². The molecular weight excluding hydrogens is 220 g/mol. The molecule has 0 radical (unpaired) electrons.